The van der Waals surface area contributed by atoms with Crippen molar-refractivity contribution in [2.75, 3.05) is 26.3 Å². The first-order chi connectivity index (χ1) is 8.74. The largest absolute Gasteiger partial charge is 0.381 e. The molecule has 0 radical (unpaired) electrons. The lowest BCUT2D eigenvalue weighted by Gasteiger charge is -2.24. The van der Waals surface area contributed by atoms with Crippen molar-refractivity contribution in [3.63, 3.8) is 0 Å². The standard InChI is InChI=1S/C14H28N2O2/c1-3-4-5-8-15-14(17)12(2)16-10-13-7-6-9-18-11-13/h12-13,16H,3-11H2,1-2H3,(H,15,17). The van der Waals surface area contributed by atoms with Crippen LogP contribution in [0.4, 0.5) is 0 Å². The van der Waals surface area contributed by atoms with Crippen LogP contribution in [0.3, 0.4) is 0 Å². The molecule has 1 saturated heterocycles. The number of hydrogen-bond acceptors (Lipinski definition) is 3. The number of rotatable bonds is 8. The molecule has 1 aliphatic heterocycles. The first kappa shape index (κ1) is 15.4. The molecule has 1 aliphatic rings. The number of carbonyl (C=O) groups is 1. The van der Waals surface area contributed by atoms with Crippen LogP contribution >= 0.6 is 0 Å². The summed E-state index contributed by atoms with van der Waals surface area (Å²) in [6, 6.07) is -0.103. The van der Waals surface area contributed by atoms with Crippen molar-refractivity contribution in [1.82, 2.24) is 10.6 Å². The molecular formula is C14H28N2O2. The molecule has 1 fully saturated rings. The fourth-order valence-corrected chi connectivity index (χ4v) is 2.14. The Balaban J connectivity index is 2.07. The fraction of sp³-hybridized carbons (Fsp3) is 0.929. The molecule has 0 saturated carbocycles. The molecule has 18 heavy (non-hydrogen) atoms. The number of unbranched alkanes of at least 4 members (excludes halogenated alkanes) is 2. The zero-order valence-corrected chi connectivity index (χ0v) is 11.8. The Kier molecular flexibility index (Phi) is 8.01. The molecule has 0 aromatic heterocycles. The van der Waals surface area contributed by atoms with Gasteiger partial charge in [0, 0.05) is 19.7 Å². The normalized spacial score (nSPS) is 21.6. The highest BCUT2D eigenvalue weighted by Gasteiger charge is 2.17. The highest BCUT2D eigenvalue weighted by molar-refractivity contribution is 5.81. The second-order valence-electron chi connectivity index (χ2n) is 5.21. The number of carbonyl (C=O) groups excluding carboxylic acids is 1. The maximum atomic E-state index is 11.8. The highest BCUT2D eigenvalue weighted by Crippen LogP contribution is 2.12. The molecule has 2 N–H and O–H groups in total. The summed E-state index contributed by atoms with van der Waals surface area (Å²) in [7, 11) is 0. The van der Waals surface area contributed by atoms with E-state index >= 15 is 0 Å². The summed E-state index contributed by atoms with van der Waals surface area (Å²) < 4.78 is 5.43. The summed E-state index contributed by atoms with van der Waals surface area (Å²) >= 11 is 0. The lowest BCUT2D eigenvalue weighted by molar-refractivity contribution is -0.122. The summed E-state index contributed by atoms with van der Waals surface area (Å²) in [5, 5.41) is 6.27. The van der Waals surface area contributed by atoms with Gasteiger partial charge in [-0.05, 0) is 32.1 Å². The third-order valence-corrected chi connectivity index (χ3v) is 3.44. The minimum absolute atomic E-state index is 0.103. The third-order valence-electron chi connectivity index (χ3n) is 3.44. The zero-order valence-electron chi connectivity index (χ0n) is 11.8. The van der Waals surface area contributed by atoms with Gasteiger partial charge in [-0.1, -0.05) is 19.8 Å². The van der Waals surface area contributed by atoms with Gasteiger partial charge in [-0.25, -0.2) is 0 Å². The Morgan fingerprint density at radius 2 is 2.28 bits per heavy atom. The van der Waals surface area contributed by atoms with Gasteiger partial charge in [0.1, 0.15) is 0 Å². The molecule has 2 unspecified atom stereocenters. The molecule has 0 aromatic carbocycles. The van der Waals surface area contributed by atoms with E-state index in [1.54, 1.807) is 0 Å². The van der Waals surface area contributed by atoms with E-state index in [0.717, 1.165) is 39.1 Å². The molecule has 1 rings (SSSR count). The van der Waals surface area contributed by atoms with Gasteiger partial charge in [-0.3, -0.25) is 4.79 Å². The second kappa shape index (κ2) is 9.34. The lowest BCUT2D eigenvalue weighted by atomic mass is 10.0. The molecule has 4 nitrogen and oxygen atoms in total. The van der Waals surface area contributed by atoms with E-state index in [1.807, 2.05) is 6.92 Å². The average molecular weight is 256 g/mol. The Morgan fingerprint density at radius 3 is 2.94 bits per heavy atom. The summed E-state index contributed by atoms with van der Waals surface area (Å²) in [6.07, 6.45) is 5.79. The van der Waals surface area contributed by atoms with Crippen molar-refractivity contribution >= 4 is 5.91 Å². The van der Waals surface area contributed by atoms with Crippen molar-refractivity contribution in [3.8, 4) is 0 Å². The molecule has 0 spiro atoms. The fourth-order valence-electron chi connectivity index (χ4n) is 2.14. The van der Waals surface area contributed by atoms with Crippen LogP contribution in [-0.4, -0.2) is 38.3 Å². The van der Waals surface area contributed by atoms with Gasteiger partial charge in [-0.2, -0.15) is 0 Å². The second-order valence-corrected chi connectivity index (χ2v) is 5.21. The van der Waals surface area contributed by atoms with Crippen LogP contribution in [0.1, 0.15) is 46.0 Å². The van der Waals surface area contributed by atoms with Crippen molar-refractivity contribution in [3.05, 3.63) is 0 Å². The van der Waals surface area contributed by atoms with E-state index in [4.69, 9.17) is 4.74 Å². The smallest absolute Gasteiger partial charge is 0.236 e. The van der Waals surface area contributed by atoms with E-state index < -0.39 is 0 Å². The lowest BCUT2D eigenvalue weighted by Crippen LogP contribution is -2.44. The van der Waals surface area contributed by atoms with Crippen molar-refractivity contribution in [1.29, 1.82) is 0 Å². The van der Waals surface area contributed by atoms with Gasteiger partial charge in [-0.15, -0.1) is 0 Å². The topological polar surface area (TPSA) is 50.4 Å². The molecule has 0 aromatic rings. The summed E-state index contributed by atoms with van der Waals surface area (Å²) in [6.45, 7) is 7.49. The number of nitrogens with one attached hydrogen (secondary N) is 2. The molecule has 2 atom stereocenters. The summed E-state index contributed by atoms with van der Waals surface area (Å²) in [5.74, 6) is 0.678. The number of hydrogen-bond donors (Lipinski definition) is 2. The van der Waals surface area contributed by atoms with E-state index in [1.165, 1.54) is 19.3 Å². The first-order valence-electron chi connectivity index (χ1n) is 7.33. The molecule has 0 bridgehead atoms. The van der Waals surface area contributed by atoms with E-state index in [9.17, 15) is 4.79 Å². The van der Waals surface area contributed by atoms with E-state index in [-0.39, 0.29) is 11.9 Å². The molecular weight excluding hydrogens is 228 g/mol. The minimum Gasteiger partial charge on any atom is -0.381 e. The van der Waals surface area contributed by atoms with Crippen LogP contribution in [0.2, 0.25) is 0 Å². The molecule has 0 aliphatic carbocycles. The van der Waals surface area contributed by atoms with Crippen LogP contribution in [0.25, 0.3) is 0 Å². The summed E-state index contributed by atoms with van der Waals surface area (Å²) in [4.78, 5) is 11.8. The predicted molar refractivity (Wildman–Crippen MR) is 73.5 cm³/mol. The highest BCUT2D eigenvalue weighted by atomic mass is 16.5. The Labute approximate surface area is 111 Å². The molecule has 4 heteroatoms. The molecule has 106 valence electrons. The van der Waals surface area contributed by atoms with Crippen LogP contribution in [0.15, 0.2) is 0 Å². The Morgan fingerprint density at radius 1 is 1.44 bits per heavy atom. The molecule has 1 heterocycles. The van der Waals surface area contributed by atoms with Crippen LogP contribution in [0.5, 0.6) is 0 Å². The van der Waals surface area contributed by atoms with Gasteiger partial charge in [0.15, 0.2) is 0 Å². The average Bonchev–Trinajstić information content (AvgIpc) is 2.42. The van der Waals surface area contributed by atoms with Crippen molar-refractivity contribution in [2.24, 2.45) is 5.92 Å². The monoisotopic (exact) mass is 256 g/mol. The van der Waals surface area contributed by atoms with Crippen LogP contribution in [0, 0.1) is 5.92 Å². The minimum atomic E-state index is -0.103. The number of amides is 1. The molecule has 1 amide bonds. The van der Waals surface area contributed by atoms with E-state index in [2.05, 4.69) is 17.6 Å². The Bertz CT molecular complexity index is 228. The van der Waals surface area contributed by atoms with E-state index in [0.29, 0.717) is 5.92 Å². The maximum Gasteiger partial charge on any atom is 0.236 e. The third kappa shape index (κ3) is 6.36. The van der Waals surface area contributed by atoms with Crippen molar-refractivity contribution < 1.29 is 9.53 Å². The maximum absolute atomic E-state index is 11.8. The predicted octanol–water partition coefficient (Wildman–Crippen LogP) is 1.70. The van der Waals surface area contributed by atoms with Gasteiger partial charge in [0.2, 0.25) is 5.91 Å². The van der Waals surface area contributed by atoms with Gasteiger partial charge >= 0.3 is 0 Å². The quantitative estimate of drug-likeness (QED) is 0.650. The van der Waals surface area contributed by atoms with Crippen molar-refractivity contribution in [2.45, 2.75) is 52.0 Å². The zero-order chi connectivity index (χ0) is 13.2. The number of ether oxygens (including phenoxy) is 1. The first-order valence-corrected chi connectivity index (χ1v) is 7.33. The van der Waals surface area contributed by atoms with Crippen LogP contribution < -0.4 is 10.6 Å². The van der Waals surface area contributed by atoms with Gasteiger partial charge < -0.3 is 15.4 Å². The van der Waals surface area contributed by atoms with Crippen LogP contribution in [-0.2, 0) is 9.53 Å². The SMILES string of the molecule is CCCCCNC(=O)C(C)NCC1CCCOC1. The Hall–Kier alpha value is -0.610. The van der Waals surface area contributed by atoms with Gasteiger partial charge in [0.05, 0.1) is 12.6 Å². The summed E-state index contributed by atoms with van der Waals surface area (Å²) in [5.41, 5.74) is 0. The van der Waals surface area contributed by atoms with Gasteiger partial charge in [0.25, 0.3) is 0 Å².